The molecule has 4 rings (SSSR count). The zero-order valence-electron chi connectivity index (χ0n) is 14.0. The van der Waals surface area contributed by atoms with E-state index in [-0.39, 0.29) is 5.91 Å². The number of aromatic nitrogens is 3. The van der Waals surface area contributed by atoms with Crippen LogP contribution in [0.15, 0.2) is 64.2 Å². The Morgan fingerprint density at radius 3 is 2.73 bits per heavy atom. The SMILES string of the molecule is Cc1nc(SCc2ccc(NC(=O)c3cc4ccccc4o3)cc2)n[nH]1. The maximum Gasteiger partial charge on any atom is 0.291 e. The highest BCUT2D eigenvalue weighted by molar-refractivity contribution is 7.98. The highest BCUT2D eigenvalue weighted by Crippen LogP contribution is 2.22. The number of amides is 1. The predicted octanol–water partition coefficient (Wildman–Crippen LogP) is 4.40. The number of aromatic amines is 1. The standard InChI is InChI=1S/C19H16N4O2S/c1-12-20-19(23-22-12)26-11-13-6-8-15(9-7-13)21-18(24)17-10-14-4-2-3-5-16(14)25-17/h2-10H,11H2,1H3,(H,21,24)(H,20,22,23). The fourth-order valence-corrected chi connectivity index (χ4v) is 3.31. The molecule has 1 amide bonds. The Balaban J connectivity index is 1.39. The van der Waals surface area contributed by atoms with Crippen molar-refractivity contribution in [3.8, 4) is 0 Å². The van der Waals surface area contributed by atoms with Gasteiger partial charge in [0.2, 0.25) is 5.16 Å². The minimum Gasteiger partial charge on any atom is -0.451 e. The summed E-state index contributed by atoms with van der Waals surface area (Å²) in [5.74, 6) is 1.59. The number of fused-ring (bicyclic) bond motifs is 1. The van der Waals surface area contributed by atoms with Gasteiger partial charge < -0.3 is 9.73 Å². The fourth-order valence-electron chi connectivity index (χ4n) is 2.51. The number of thioether (sulfide) groups is 1. The van der Waals surface area contributed by atoms with E-state index in [2.05, 4.69) is 20.5 Å². The van der Waals surface area contributed by atoms with Crippen LogP contribution in [0.4, 0.5) is 5.69 Å². The first-order valence-corrected chi connectivity index (χ1v) is 9.06. The molecule has 0 unspecified atom stereocenters. The van der Waals surface area contributed by atoms with Crippen LogP contribution < -0.4 is 5.32 Å². The first-order chi connectivity index (χ1) is 12.7. The summed E-state index contributed by atoms with van der Waals surface area (Å²) in [5, 5.41) is 11.4. The van der Waals surface area contributed by atoms with Crippen LogP contribution in [0.25, 0.3) is 11.0 Å². The number of hydrogen-bond acceptors (Lipinski definition) is 5. The van der Waals surface area contributed by atoms with Crippen LogP contribution in [0, 0.1) is 6.92 Å². The van der Waals surface area contributed by atoms with Gasteiger partial charge >= 0.3 is 0 Å². The van der Waals surface area contributed by atoms with Crippen LogP contribution in [0.3, 0.4) is 0 Å². The Hall–Kier alpha value is -3.06. The molecular formula is C19H16N4O2S. The van der Waals surface area contributed by atoms with Gasteiger partial charge in [-0.25, -0.2) is 4.98 Å². The van der Waals surface area contributed by atoms with Gasteiger partial charge in [0.1, 0.15) is 11.4 Å². The summed E-state index contributed by atoms with van der Waals surface area (Å²) in [5.41, 5.74) is 2.55. The molecule has 2 aromatic carbocycles. The van der Waals surface area contributed by atoms with Crippen LogP contribution in [0.5, 0.6) is 0 Å². The van der Waals surface area contributed by atoms with Crippen molar-refractivity contribution in [3.63, 3.8) is 0 Å². The van der Waals surface area contributed by atoms with E-state index in [0.29, 0.717) is 11.3 Å². The van der Waals surface area contributed by atoms with Crippen molar-refractivity contribution >= 4 is 34.3 Å². The van der Waals surface area contributed by atoms with Gasteiger partial charge in [0.15, 0.2) is 5.76 Å². The average molecular weight is 364 g/mol. The third-order valence-electron chi connectivity index (χ3n) is 3.81. The van der Waals surface area contributed by atoms with E-state index in [1.807, 2.05) is 55.5 Å². The third-order valence-corrected chi connectivity index (χ3v) is 4.72. The van der Waals surface area contributed by atoms with Crippen molar-refractivity contribution in [2.24, 2.45) is 0 Å². The van der Waals surface area contributed by atoms with Crippen LogP contribution >= 0.6 is 11.8 Å². The number of anilines is 1. The van der Waals surface area contributed by atoms with Crippen molar-refractivity contribution < 1.29 is 9.21 Å². The van der Waals surface area contributed by atoms with Crippen molar-refractivity contribution in [3.05, 3.63) is 71.7 Å². The summed E-state index contributed by atoms with van der Waals surface area (Å²) >= 11 is 1.56. The average Bonchev–Trinajstić information content (AvgIpc) is 3.27. The molecule has 0 aliphatic carbocycles. The first-order valence-electron chi connectivity index (χ1n) is 8.08. The molecule has 7 heteroatoms. The Labute approximate surface area is 154 Å². The smallest absolute Gasteiger partial charge is 0.291 e. The molecule has 2 N–H and O–H groups in total. The summed E-state index contributed by atoms with van der Waals surface area (Å²) in [6.45, 7) is 1.87. The van der Waals surface area contributed by atoms with Gasteiger partial charge in [-0.1, -0.05) is 42.1 Å². The van der Waals surface area contributed by atoms with Gasteiger partial charge in [-0.15, -0.1) is 5.10 Å². The minimum atomic E-state index is -0.264. The lowest BCUT2D eigenvalue weighted by molar-refractivity contribution is 0.0998. The number of furan rings is 1. The van der Waals surface area contributed by atoms with E-state index in [0.717, 1.165) is 33.4 Å². The predicted molar refractivity (Wildman–Crippen MR) is 101 cm³/mol. The largest absolute Gasteiger partial charge is 0.451 e. The highest BCUT2D eigenvalue weighted by atomic mass is 32.2. The number of benzene rings is 2. The zero-order valence-corrected chi connectivity index (χ0v) is 14.8. The zero-order chi connectivity index (χ0) is 17.9. The summed E-state index contributed by atoms with van der Waals surface area (Å²) in [6.07, 6.45) is 0. The van der Waals surface area contributed by atoms with E-state index in [9.17, 15) is 4.79 Å². The van der Waals surface area contributed by atoms with Crippen LogP contribution in [0.2, 0.25) is 0 Å². The second-order valence-electron chi connectivity index (χ2n) is 5.79. The number of carbonyl (C=O) groups is 1. The molecule has 0 saturated carbocycles. The number of hydrogen-bond donors (Lipinski definition) is 2. The molecule has 2 aromatic heterocycles. The summed E-state index contributed by atoms with van der Waals surface area (Å²) in [7, 11) is 0. The second-order valence-corrected chi connectivity index (χ2v) is 6.73. The molecule has 0 saturated heterocycles. The van der Waals surface area contributed by atoms with Crippen LogP contribution in [-0.4, -0.2) is 21.1 Å². The summed E-state index contributed by atoms with van der Waals surface area (Å²) in [4.78, 5) is 16.6. The number of nitrogens with one attached hydrogen (secondary N) is 2. The lowest BCUT2D eigenvalue weighted by atomic mass is 10.2. The molecular weight excluding hydrogens is 348 g/mol. The van der Waals surface area contributed by atoms with E-state index >= 15 is 0 Å². The van der Waals surface area contributed by atoms with Gasteiger partial charge in [0.25, 0.3) is 5.91 Å². The summed E-state index contributed by atoms with van der Waals surface area (Å²) in [6, 6.07) is 17.0. The monoisotopic (exact) mass is 364 g/mol. The molecule has 26 heavy (non-hydrogen) atoms. The first kappa shape index (κ1) is 16.4. The van der Waals surface area contributed by atoms with Crippen molar-refractivity contribution in [2.75, 3.05) is 5.32 Å². The molecule has 0 radical (unpaired) electrons. The Bertz CT molecular complexity index is 1020. The van der Waals surface area contributed by atoms with E-state index in [1.165, 1.54) is 0 Å². The van der Waals surface area contributed by atoms with Gasteiger partial charge in [-0.2, -0.15) is 0 Å². The number of H-pyrrole nitrogens is 1. The van der Waals surface area contributed by atoms with Crippen molar-refractivity contribution in [1.29, 1.82) is 0 Å². The molecule has 2 heterocycles. The molecule has 0 fully saturated rings. The number of carbonyl (C=O) groups excluding carboxylic acids is 1. The van der Waals surface area contributed by atoms with E-state index in [1.54, 1.807) is 17.8 Å². The maximum atomic E-state index is 12.4. The molecule has 4 aromatic rings. The highest BCUT2D eigenvalue weighted by Gasteiger charge is 2.12. The molecule has 0 atom stereocenters. The van der Waals surface area contributed by atoms with Crippen LogP contribution in [0.1, 0.15) is 21.9 Å². The number of nitrogens with zero attached hydrogens (tertiary/aromatic N) is 2. The molecule has 0 spiro atoms. The Morgan fingerprint density at radius 1 is 1.19 bits per heavy atom. The van der Waals surface area contributed by atoms with Gasteiger partial charge in [-0.05, 0) is 36.8 Å². The lowest BCUT2D eigenvalue weighted by Crippen LogP contribution is -2.10. The number of aryl methyl sites for hydroxylation is 1. The van der Waals surface area contributed by atoms with Gasteiger partial charge in [0.05, 0.1) is 0 Å². The normalized spacial score (nSPS) is 11.0. The number of para-hydroxylation sites is 1. The molecule has 130 valence electrons. The molecule has 0 aliphatic rings. The fraction of sp³-hybridized carbons (Fsp3) is 0.105. The van der Waals surface area contributed by atoms with Gasteiger partial charge in [-0.3, -0.25) is 9.89 Å². The Kier molecular flexibility index (Phi) is 4.45. The molecule has 0 bridgehead atoms. The van der Waals surface area contributed by atoms with Crippen LogP contribution in [-0.2, 0) is 5.75 Å². The van der Waals surface area contributed by atoms with E-state index in [4.69, 9.17) is 4.42 Å². The van der Waals surface area contributed by atoms with Crippen molar-refractivity contribution in [1.82, 2.24) is 15.2 Å². The number of rotatable bonds is 5. The quantitative estimate of drug-likeness (QED) is 0.513. The minimum absolute atomic E-state index is 0.264. The molecule has 0 aliphatic heterocycles. The summed E-state index contributed by atoms with van der Waals surface area (Å²) < 4.78 is 5.58. The van der Waals surface area contributed by atoms with E-state index < -0.39 is 0 Å². The topological polar surface area (TPSA) is 83.8 Å². The third kappa shape index (κ3) is 3.62. The lowest BCUT2D eigenvalue weighted by Gasteiger charge is -2.04. The Morgan fingerprint density at radius 2 is 2.00 bits per heavy atom. The molecule has 6 nitrogen and oxygen atoms in total. The van der Waals surface area contributed by atoms with Gasteiger partial charge in [0, 0.05) is 16.8 Å². The second kappa shape index (κ2) is 7.05. The van der Waals surface area contributed by atoms with Crippen molar-refractivity contribution in [2.45, 2.75) is 17.8 Å². The maximum absolute atomic E-state index is 12.4.